The Kier molecular flexibility index (Phi) is 6.05. The fraction of sp³-hybridized carbons (Fsp3) is 0.333. The van der Waals surface area contributed by atoms with E-state index in [-0.39, 0.29) is 11.5 Å². The molecule has 2 N–H and O–H groups in total. The van der Waals surface area contributed by atoms with Gasteiger partial charge in [-0.15, -0.1) is 11.3 Å². The molecule has 136 valence electrons. The molecule has 0 aliphatic rings. The zero-order valence-corrected chi connectivity index (χ0v) is 16.2. The molecule has 3 aromatic heterocycles. The lowest BCUT2D eigenvalue weighted by atomic mass is 10.2. The van der Waals surface area contributed by atoms with Crippen molar-refractivity contribution in [3.8, 4) is 0 Å². The average Bonchev–Trinajstić information content (AvgIpc) is 3.07. The van der Waals surface area contributed by atoms with Gasteiger partial charge in [0, 0.05) is 29.6 Å². The molecular formula is C18H20N4O2S2. The van der Waals surface area contributed by atoms with Crippen LogP contribution in [0.15, 0.2) is 35.4 Å². The van der Waals surface area contributed by atoms with Crippen LogP contribution in [0.3, 0.4) is 0 Å². The summed E-state index contributed by atoms with van der Waals surface area (Å²) in [6.45, 7) is 4.76. The number of hydrogen-bond acceptors (Lipinski definition) is 6. The zero-order valence-electron chi connectivity index (χ0n) is 14.6. The minimum Gasteiger partial charge on any atom is -0.351 e. The third kappa shape index (κ3) is 4.50. The van der Waals surface area contributed by atoms with Gasteiger partial charge in [-0.3, -0.25) is 14.6 Å². The van der Waals surface area contributed by atoms with Crippen LogP contribution in [0.4, 0.5) is 0 Å². The summed E-state index contributed by atoms with van der Waals surface area (Å²) in [6, 6.07) is 5.39. The average molecular weight is 389 g/mol. The number of nitrogens with one attached hydrogen (secondary N) is 2. The SMILES string of the molecule is CC(C)c1cc2c(=O)[nH]c(CSCCNC(=O)c3cccnc3)nc2s1. The van der Waals surface area contributed by atoms with E-state index in [1.54, 1.807) is 47.6 Å². The number of fused-ring (bicyclic) bond motifs is 1. The van der Waals surface area contributed by atoms with Gasteiger partial charge in [0.2, 0.25) is 0 Å². The van der Waals surface area contributed by atoms with E-state index in [0.29, 0.717) is 35.0 Å². The number of aromatic nitrogens is 3. The molecule has 26 heavy (non-hydrogen) atoms. The quantitative estimate of drug-likeness (QED) is 0.607. The smallest absolute Gasteiger partial charge is 0.259 e. The first-order valence-electron chi connectivity index (χ1n) is 8.33. The monoisotopic (exact) mass is 388 g/mol. The number of carbonyl (C=O) groups is 1. The fourth-order valence-corrected chi connectivity index (χ4v) is 4.13. The number of aromatic amines is 1. The molecule has 0 bridgehead atoms. The van der Waals surface area contributed by atoms with Crippen molar-refractivity contribution in [3.05, 3.63) is 57.2 Å². The summed E-state index contributed by atoms with van der Waals surface area (Å²) < 4.78 is 0. The van der Waals surface area contributed by atoms with Gasteiger partial charge in [0.05, 0.1) is 16.7 Å². The molecule has 3 heterocycles. The predicted molar refractivity (Wildman–Crippen MR) is 107 cm³/mol. The minimum atomic E-state index is -0.133. The summed E-state index contributed by atoms with van der Waals surface area (Å²) in [5.74, 6) is 2.25. The molecule has 0 atom stereocenters. The van der Waals surface area contributed by atoms with Gasteiger partial charge in [0.1, 0.15) is 10.7 Å². The van der Waals surface area contributed by atoms with Crippen LogP contribution in [-0.2, 0) is 5.75 Å². The van der Waals surface area contributed by atoms with E-state index in [9.17, 15) is 9.59 Å². The molecule has 0 radical (unpaired) electrons. The Balaban J connectivity index is 1.52. The normalized spacial score (nSPS) is 11.2. The summed E-state index contributed by atoms with van der Waals surface area (Å²) in [4.78, 5) is 37.4. The van der Waals surface area contributed by atoms with Crippen LogP contribution in [0.25, 0.3) is 10.2 Å². The van der Waals surface area contributed by atoms with Crippen molar-refractivity contribution in [1.82, 2.24) is 20.3 Å². The molecule has 0 aromatic carbocycles. The molecular weight excluding hydrogens is 368 g/mol. The van der Waals surface area contributed by atoms with Crippen LogP contribution in [0.1, 0.15) is 40.8 Å². The number of amides is 1. The molecule has 0 saturated heterocycles. The number of rotatable bonds is 7. The van der Waals surface area contributed by atoms with E-state index in [4.69, 9.17) is 0 Å². The van der Waals surface area contributed by atoms with Crippen molar-refractivity contribution in [1.29, 1.82) is 0 Å². The number of carbonyl (C=O) groups excluding carboxylic acids is 1. The van der Waals surface area contributed by atoms with E-state index in [1.165, 1.54) is 4.88 Å². The Hall–Kier alpha value is -2.19. The maximum atomic E-state index is 12.2. The van der Waals surface area contributed by atoms with Crippen LogP contribution in [0, 0.1) is 0 Å². The first kappa shape index (κ1) is 18.6. The number of pyridine rings is 1. The van der Waals surface area contributed by atoms with E-state index in [2.05, 4.69) is 34.1 Å². The predicted octanol–water partition coefficient (Wildman–Crippen LogP) is 3.17. The molecule has 1 amide bonds. The first-order chi connectivity index (χ1) is 12.5. The topological polar surface area (TPSA) is 87.7 Å². The maximum absolute atomic E-state index is 12.2. The largest absolute Gasteiger partial charge is 0.351 e. The second-order valence-corrected chi connectivity index (χ2v) is 8.25. The van der Waals surface area contributed by atoms with Gasteiger partial charge in [-0.05, 0) is 24.1 Å². The van der Waals surface area contributed by atoms with Crippen molar-refractivity contribution >= 4 is 39.2 Å². The second kappa shape index (κ2) is 8.46. The summed E-state index contributed by atoms with van der Waals surface area (Å²) in [7, 11) is 0. The molecule has 0 saturated carbocycles. The Morgan fingerprint density at radius 2 is 2.27 bits per heavy atom. The lowest BCUT2D eigenvalue weighted by Gasteiger charge is -2.05. The number of hydrogen-bond donors (Lipinski definition) is 2. The molecule has 0 aliphatic heterocycles. The fourth-order valence-electron chi connectivity index (χ4n) is 2.35. The Morgan fingerprint density at radius 3 is 3.00 bits per heavy atom. The molecule has 0 fully saturated rings. The van der Waals surface area contributed by atoms with Crippen LogP contribution in [0.5, 0.6) is 0 Å². The van der Waals surface area contributed by atoms with Crippen molar-refractivity contribution in [3.63, 3.8) is 0 Å². The van der Waals surface area contributed by atoms with Gasteiger partial charge in [-0.25, -0.2) is 4.98 Å². The number of thiophene rings is 1. The van der Waals surface area contributed by atoms with Crippen LogP contribution in [-0.4, -0.2) is 33.2 Å². The number of thioether (sulfide) groups is 1. The molecule has 0 unspecified atom stereocenters. The highest BCUT2D eigenvalue weighted by Crippen LogP contribution is 2.27. The standard InChI is InChI=1S/C18H20N4O2S2/c1-11(2)14-8-13-17(24)21-15(22-18(13)26-14)10-25-7-6-20-16(23)12-4-3-5-19-9-12/h3-5,8-9,11H,6-7,10H2,1-2H3,(H,20,23)(H,21,22,24). The van der Waals surface area contributed by atoms with Crippen molar-refractivity contribution in [2.75, 3.05) is 12.3 Å². The highest BCUT2D eigenvalue weighted by Gasteiger charge is 2.11. The van der Waals surface area contributed by atoms with Gasteiger partial charge in [-0.2, -0.15) is 11.8 Å². The van der Waals surface area contributed by atoms with Gasteiger partial charge in [0.15, 0.2) is 0 Å². The van der Waals surface area contributed by atoms with Gasteiger partial charge in [0.25, 0.3) is 11.5 Å². The lowest BCUT2D eigenvalue weighted by Crippen LogP contribution is -2.25. The minimum absolute atomic E-state index is 0.0846. The second-order valence-electron chi connectivity index (χ2n) is 6.09. The van der Waals surface area contributed by atoms with Gasteiger partial charge < -0.3 is 10.3 Å². The van der Waals surface area contributed by atoms with Gasteiger partial charge in [-0.1, -0.05) is 13.8 Å². The van der Waals surface area contributed by atoms with E-state index in [0.717, 1.165) is 10.6 Å². The lowest BCUT2D eigenvalue weighted by molar-refractivity contribution is 0.0956. The Bertz CT molecular complexity index is 951. The van der Waals surface area contributed by atoms with Crippen molar-refractivity contribution in [2.24, 2.45) is 0 Å². The molecule has 0 spiro atoms. The van der Waals surface area contributed by atoms with E-state index < -0.39 is 0 Å². The molecule has 3 rings (SSSR count). The number of H-pyrrole nitrogens is 1. The third-order valence-corrected chi connectivity index (χ3v) is 6.03. The van der Waals surface area contributed by atoms with Crippen LogP contribution < -0.4 is 10.9 Å². The maximum Gasteiger partial charge on any atom is 0.259 e. The first-order valence-corrected chi connectivity index (χ1v) is 10.3. The molecule has 8 heteroatoms. The Labute approximate surface area is 159 Å². The van der Waals surface area contributed by atoms with E-state index >= 15 is 0 Å². The van der Waals surface area contributed by atoms with E-state index in [1.807, 2.05) is 6.07 Å². The molecule has 3 aromatic rings. The van der Waals surface area contributed by atoms with Crippen LogP contribution in [0.2, 0.25) is 0 Å². The molecule has 0 aliphatic carbocycles. The highest BCUT2D eigenvalue weighted by molar-refractivity contribution is 7.98. The van der Waals surface area contributed by atoms with Gasteiger partial charge >= 0.3 is 0 Å². The summed E-state index contributed by atoms with van der Waals surface area (Å²) in [6.07, 6.45) is 3.17. The zero-order chi connectivity index (χ0) is 18.5. The number of nitrogens with zero attached hydrogens (tertiary/aromatic N) is 2. The summed E-state index contributed by atoms with van der Waals surface area (Å²) in [5.41, 5.74) is 0.464. The van der Waals surface area contributed by atoms with Crippen LogP contribution >= 0.6 is 23.1 Å². The molecule has 6 nitrogen and oxygen atoms in total. The highest BCUT2D eigenvalue weighted by atomic mass is 32.2. The van der Waals surface area contributed by atoms with Crippen molar-refractivity contribution in [2.45, 2.75) is 25.5 Å². The summed E-state index contributed by atoms with van der Waals surface area (Å²) in [5, 5.41) is 3.52. The third-order valence-electron chi connectivity index (χ3n) is 3.73. The Morgan fingerprint density at radius 1 is 1.42 bits per heavy atom. The summed E-state index contributed by atoms with van der Waals surface area (Å²) >= 11 is 3.19. The van der Waals surface area contributed by atoms with Crippen molar-refractivity contribution < 1.29 is 4.79 Å².